The molecule has 2 heterocycles. The second kappa shape index (κ2) is 6.42. The van der Waals surface area contributed by atoms with E-state index >= 15 is 0 Å². The number of aromatic nitrogens is 2. The number of benzene rings is 1. The molecule has 0 atom stereocenters. The first-order valence-corrected chi connectivity index (χ1v) is 9.13. The molecule has 24 heavy (non-hydrogen) atoms. The maximum Gasteiger partial charge on any atom is 0.225 e. The normalized spacial score (nSPS) is 18.5. The molecule has 0 radical (unpaired) electrons. The van der Waals surface area contributed by atoms with Gasteiger partial charge in [-0.05, 0) is 19.3 Å². The fourth-order valence-corrected chi connectivity index (χ4v) is 4.29. The van der Waals surface area contributed by atoms with Crippen LogP contribution in [0.1, 0.15) is 36.9 Å². The third-order valence-corrected chi connectivity index (χ3v) is 5.54. The smallest absolute Gasteiger partial charge is 0.225 e. The minimum atomic E-state index is 0.273. The van der Waals surface area contributed by atoms with Crippen molar-refractivity contribution in [2.75, 3.05) is 13.1 Å². The van der Waals surface area contributed by atoms with Crippen LogP contribution in [0.4, 0.5) is 0 Å². The van der Waals surface area contributed by atoms with E-state index in [0.717, 1.165) is 44.5 Å². The van der Waals surface area contributed by atoms with Crippen LogP contribution in [-0.4, -0.2) is 33.7 Å². The molecule has 2 aromatic rings. The first kappa shape index (κ1) is 15.4. The first-order valence-electron chi connectivity index (χ1n) is 9.13. The predicted octanol–water partition coefficient (Wildman–Crippen LogP) is 3.20. The minimum absolute atomic E-state index is 0.273. The molecule has 0 N–H and O–H groups in total. The fraction of sp³-hybridized carbons (Fsp3) is 0.500. The van der Waals surface area contributed by atoms with Gasteiger partial charge in [0.1, 0.15) is 0 Å². The maximum atomic E-state index is 12.7. The summed E-state index contributed by atoms with van der Waals surface area (Å²) < 4.78 is 2.01. The van der Waals surface area contributed by atoms with Crippen LogP contribution in [0.25, 0.3) is 11.3 Å². The summed E-state index contributed by atoms with van der Waals surface area (Å²) >= 11 is 0. The van der Waals surface area contributed by atoms with Crippen molar-refractivity contribution in [2.24, 2.45) is 13.0 Å². The number of aryl methyl sites for hydroxylation is 1. The summed E-state index contributed by atoms with van der Waals surface area (Å²) in [4.78, 5) is 14.8. The Hall–Kier alpha value is -2.10. The molecule has 1 aliphatic carbocycles. The third-order valence-electron chi connectivity index (χ3n) is 5.54. The van der Waals surface area contributed by atoms with E-state index in [9.17, 15) is 4.79 Å². The number of hydrogen-bond acceptors (Lipinski definition) is 2. The van der Waals surface area contributed by atoms with Crippen LogP contribution in [0.3, 0.4) is 0 Å². The zero-order chi connectivity index (χ0) is 16.5. The molecule has 1 aliphatic heterocycles. The largest absolute Gasteiger partial charge is 0.342 e. The number of carbonyl (C=O) groups is 1. The highest BCUT2D eigenvalue weighted by molar-refractivity contribution is 5.79. The van der Waals surface area contributed by atoms with Crippen LogP contribution < -0.4 is 0 Å². The molecular formula is C20H25N3O. The van der Waals surface area contributed by atoms with E-state index in [2.05, 4.69) is 29.2 Å². The van der Waals surface area contributed by atoms with Gasteiger partial charge in [-0.2, -0.15) is 5.10 Å². The van der Waals surface area contributed by atoms with Gasteiger partial charge in [0, 0.05) is 43.6 Å². The molecule has 1 aromatic heterocycles. The highest BCUT2D eigenvalue weighted by atomic mass is 16.2. The van der Waals surface area contributed by atoms with Gasteiger partial charge in [0.2, 0.25) is 5.91 Å². The van der Waals surface area contributed by atoms with Gasteiger partial charge in [0.25, 0.3) is 0 Å². The number of carbonyl (C=O) groups excluding carboxylic acids is 1. The average Bonchev–Trinajstić information content (AvgIpc) is 3.19. The Morgan fingerprint density at radius 3 is 2.54 bits per heavy atom. The van der Waals surface area contributed by atoms with Crippen molar-refractivity contribution in [3.05, 3.63) is 41.6 Å². The Morgan fingerprint density at radius 1 is 1.08 bits per heavy atom. The molecule has 0 spiro atoms. The third kappa shape index (κ3) is 2.74. The van der Waals surface area contributed by atoms with E-state index in [-0.39, 0.29) is 5.92 Å². The SMILES string of the molecule is Cn1nc2c(c1-c1ccccc1)CCN(C(=O)C1CCCC1)CC2. The molecule has 0 saturated heterocycles. The molecule has 1 amide bonds. The molecule has 0 bridgehead atoms. The van der Waals surface area contributed by atoms with E-state index in [0.29, 0.717) is 5.91 Å². The second-order valence-corrected chi connectivity index (χ2v) is 7.07. The van der Waals surface area contributed by atoms with E-state index in [4.69, 9.17) is 5.10 Å². The number of rotatable bonds is 2. The summed E-state index contributed by atoms with van der Waals surface area (Å²) in [6.07, 6.45) is 6.37. The maximum absolute atomic E-state index is 12.7. The molecule has 1 fully saturated rings. The predicted molar refractivity (Wildman–Crippen MR) is 94.6 cm³/mol. The van der Waals surface area contributed by atoms with Gasteiger partial charge < -0.3 is 4.90 Å². The molecule has 4 rings (SSSR count). The average molecular weight is 323 g/mol. The quantitative estimate of drug-likeness (QED) is 0.851. The number of amides is 1. The number of nitrogens with zero attached hydrogens (tertiary/aromatic N) is 3. The summed E-state index contributed by atoms with van der Waals surface area (Å²) in [5, 5.41) is 4.76. The second-order valence-electron chi connectivity index (χ2n) is 7.07. The summed E-state index contributed by atoms with van der Waals surface area (Å²) in [5.41, 5.74) is 4.91. The summed E-state index contributed by atoms with van der Waals surface area (Å²) in [6.45, 7) is 1.64. The van der Waals surface area contributed by atoms with E-state index in [1.807, 2.05) is 17.8 Å². The van der Waals surface area contributed by atoms with Gasteiger partial charge in [0.05, 0.1) is 11.4 Å². The lowest BCUT2D eigenvalue weighted by Gasteiger charge is -2.23. The van der Waals surface area contributed by atoms with Crippen LogP contribution in [0.2, 0.25) is 0 Å². The van der Waals surface area contributed by atoms with Crippen molar-refractivity contribution >= 4 is 5.91 Å². The van der Waals surface area contributed by atoms with Gasteiger partial charge in [-0.25, -0.2) is 0 Å². The van der Waals surface area contributed by atoms with E-state index < -0.39 is 0 Å². The van der Waals surface area contributed by atoms with Gasteiger partial charge in [-0.15, -0.1) is 0 Å². The monoisotopic (exact) mass is 323 g/mol. The number of hydrogen-bond donors (Lipinski definition) is 0. The van der Waals surface area contributed by atoms with Crippen LogP contribution in [0.5, 0.6) is 0 Å². The fourth-order valence-electron chi connectivity index (χ4n) is 4.29. The molecule has 2 aliphatic rings. The molecular weight excluding hydrogens is 298 g/mol. The zero-order valence-corrected chi connectivity index (χ0v) is 14.4. The van der Waals surface area contributed by atoms with Crippen LogP contribution in [0, 0.1) is 5.92 Å². The molecule has 126 valence electrons. The van der Waals surface area contributed by atoms with Crippen molar-refractivity contribution in [2.45, 2.75) is 38.5 Å². The Bertz CT molecular complexity index is 729. The van der Waals surface area contributed by atoms with Crippen molar-refractivity contribution in [1.82, 2.24) is 14.7 Å². The minimum Gasteiger partial charge on any atom is -0.342 e. The zero-order valence-electron chi connectivity index (χ0n) is 14.4. The van der Waals surface area contributed by atoms with E-state index in [1.54, 1.807) is 0 Å². The summed E-state index contributed by atoms with van der Waals surface area (Å²) in [5.74, 6) is 0.651. The van der Waals surface area contributed by atoms with Crippen LogP contribution in [-0.2, 0) is 24.7 Å². The molecule has 4 heteroatoms. The summed E-state index contributed by atoms with van der Waals surface area (Å²) in [7, 11) is 2.03. The van der Waals surface area contributed by atoms with Gasteiger partial charge >= 0.3 is 0 Å². The Labute approximate surface area is 143 Å². The van der Waals surface area contributed by atoms with Crippen molar-refractivity contribution in [1.29, 1.82) is 0 Å². The lowest BCUT2D eigenvalue weighted by Crippen LogP contribution is -2.37. The van der Waals surface area contributed by atoms with Crippen molar-refractivity contribution in [3.8, 4) is 11.3 Å². The summed E-state index contributed by atoms with van der Waals surface area (Å²) in [6, 6.07) is 10.5. The lowest BCUT2D eigenvalue weighted by atomic mass is 10.0. The van der Waals surface area contributed by atoms with E-state index in [1.165, 1.54) is 29.7 Å². The Kier molecular flexibility index (Phi) is 4.13. The highest BCUT2D eigenvalue weighted by Crippen LogP contribution is 2.30. The Morgan fingerprint density at radius 2 is 1.79 bits per heavy atom. The number of fused-ring (bicyclic) bond motifs is 1. The van der Waals surface area contributed by atoms with Crippen LogP contribution >= 0.6 is 0 Å². The topological polar surface area (TPSA) is 38.1 Å². The van der Waals surface area contributed by atoms with Crippen LogP contribution in [0.15, 0.2) is 30.3 Å². The van der Waals surface area contributed by atoms with Crippen molar-refractivity contribution < 1.29 is 4.79 Å². The Balaban J connectivity index is 1.58. The van der Waals surface area contributed by atoms with Gasteiger partial charge in [-0.3, -0.25) is 9.48 Å². The standard InChI is InChI=1S/C20H25N3O/c1-22-19(15-7-3-2-4-8-15)17-11-13-23(14-12-18(17)21-22)20(24)16-9-5-6-10-16/h2-4,7-8,16H,5-6,9-14H2,1H3. The van der Waals surface area contributed by atoms with Crippen molar-refractivity contribution in [3.63, 3.8) is 0 Å². The lowest BCUT2D eigenvalue weighted by molar-refractivity contribution is -0.135. The van der Waals surface area contributed by atoms with Gasteiger partial charge in [-0.1, -0.05) is 43.2 Å². The first-order chi connectivity index (χ1) is 11.7. The van der Waals surface area contributed by atoms with Gasteiger partial charge in [0.15, 0.2) is 0 Å². The molecule has 0 unspecified atom stereocenters. The highest BCUT2D eigenvalue weighted by Gasteiger charge is 2.29. The molecule has 1 aromatic carbocycles. The molecule has 1 saturated carbocycles. The molecule has 4 nitrogen and oxygen atoms in total.